The molecule has 1 aliphatic rings. The van der Waals surface area contributed by atoms with Gasteiger partial charge >= 0.3 is 0 Å². The van der Waals surface area contributed by atoms with Crippen LogP contribution in [-0.4, -0.2) is 39.5 Å². The van der Waals surface area contributed by atoms with Gasteiger partial charge < -0.3 is 10.7 Å². The highest BCUT2D eigenvalue weighted by molar-refractivity contribution is 6.31. The Hall–Kier alpha value is -4.02. The average Bonchev–Trinajstić information content (AvgIpc) is 3.59. The van der Waals surface area contributed by atoms with Crippen LogP contribution in [0.25, 0.3) is 28.2 Å². The normalized spacial score (nSPS) is 14.9. The summed E-state index contributed by atoms with van der Waals surface area (Å²) in [5.74, 6) is 1.81. The van der Waals surface area contributed by atoms with Crippen molar-refractivity contribution in [3.8, 4) is 28.2 Å². The van der Waals surface area contributed by atoms with Gasteiger partial charge in [-0.15, -0.1) is 5.10 Å². The number of fused-ring (bicyclic) bond motifs is 1. The summed E-state index contributed by atoms with van der Waals surface area (Å²) in [5.41, 5.74) is 8.97. The number of nitrogens with zero attached hydrogens (tertiary/aromatic N) is 7. The van der Waals surface area contributed by atoms with Gasteiger partial charge in [-0.25, -0.2) is 19.6 Å². The molecule has 5 aromatic rings. The summed E-state index contributed by atoms with van der Waals surface area (Å²) in [6.07, 6.45) is 6.31. The van der Waals surface area contributed by atoms with Crippen LogP contribution in [0.4, 0.5) is 5.82 Å². The molecule has 5 heterocycles. The minimum atomic E-state index is -0.248. The molecule has 12 heteroatoms. The van der Waals surface area contributed by atoms with Gasteiger partial charge in [0.1, 0.15) is 17.5 Å². The van der Waals surface area contributed by atoms with E-state index in [-0.39, 0.29) is 16.8 Å². The van der Waals surface area contributed by atoms with Crippen LogP contribution in [0.1, 0.15) is 24.1 Å². The number of nitrogens with two attached hydrogens (primary N) is 1. The number of pyridine rings is 1. The van der Waals surface area contributed by atoms with Crippen LogP contribution in [0.3, 0.4) is 0 Å². The van der Waals surface area contributed by atoms with E-state index in [0.29, 0.717) is 52.3 Å². The molecule has 0 saturated carbocycles. The monoisotopic (exact) mass is 505 g/mol. The largest absolute Gasteiger partial charge is 0.384 e. The predicted octanol–water partition coefficient (Wildman–Crippen LogP) is 3.70. The minimum Gasteiger partial charge on any atom is -0.384 e. The van der Waals surface area contributed by atoms with Crippen molar-refractivity contribution in [1.29, 1.82) is 0 Å². The number of nitrogens with one attached hydrogen (secondary N) is 1. The van der Waals surface area contributed by atoms with E-state index in [9.17, 15) is 4.79 Å². The number of benzene rings is 1. The molecule has 3 N–H and O–H groups in total. The number of anilines is 1. The molecular weight excluding hydrogens is 489 g/mol. The second kappa shape index (κ2) is 8.33. The molecule has 0 bridgehead atoms. The Morgan fingerprint density at radius 1 is 1.09 bits per heavy atom. The lowest BCUT2D eigenvalue weighted by atomic mass is 10.1. The zero-order valence-electron chi connectivity index (χ0n) is 18.1. The van der Waals surface area contributed by atoms with E-state index < -0.39 is 0 Å². The highest BCUT2D eigenvalue weighted by Crippen LogP contribution is 2.32. The second-order valence-corrected chi connectivity index (χ2v) is 8.95. The maximum atomic E-state index is 13.3. The highest BCUT2D eigenvalue weighted by Gasteiger charge is 2.29. The SMILES string of the molecule is Nc1ccc(-c2cnc([C@@H]3CCc4nc(-c5cc(Cl)ccc5-n5cc(Cl)nn5)cc(=O)n43)[nH]2)cn1. The van der Waals surface area contributed by atoms with Crippen LogP contribution in [0.5, 0.6) is 0 Å². The van der Waals surface area contributed by atoms with E-state index in [4.69, 9.17) is 33.9 Å². The van der Waals surface area contributed by atoms with E-state index in [1.54, 1.807) is 47.4 Å². The molecule has 0 aliphatic carbocycles. The van der Waals surface area contributed by atoms with Crippen LogP contribution >= 0.6 is 23.2 Å². The van der Waals surface area contributed by atoms with Gasteiger partial charge in [0.05, 0.1) is 35.5 Å². The van der Waals surface area contributed by atoms with Crippen molar-refractivity contribution in [3.63, 3.8) is 0 Å². The molecule has 10 nitrogen and oxygen atoms in total. The van der Waals surface area contributed by atoms with E-state index in [1.807, 2.05) is 6.07 Å². The maximum Gasteiger partial charge on any atom is 0.254 e. The van der Waals surface area contributed by atoms with Gasteiger partial charge in [0.2, 0.25) is 0 Å². The molecule has 0 fully saturated rings. The highest BCUT2D eigenvalue weighted by atomic mass is 35.5. The first kappa shape index (κ1) is 21.5. The maximum absolute atomic E-state index is 13.3. The third kappa shape index (κ3) is 3.86. The van der Waals surface area contributed by atoms with Gasteiger partial charge in [0.15, 0.2) is 5.15 Å². The summed E-state index contributed by atoms with van der Waals surface area (Å²) in [7, 11) is 0. The topological polar surface area (TPSA) is 133 Å². The molecule has 0 unspecified atom stereocenters. The molecule has 174 valence electrons. The van der Waals surface area contributed by atoms with Crippen molar-refractivity contribution in [2.24, 2.45) is 0 Å². The lowest BCUT2D eigenvalue weighted by molar-refractivity contribution is 0.568. The lowest BCUT2D eigenvalue weighted by Gasteiger charge is -2.14. The molecular formula is C23H17Cl2N9O. The van der Waals surface area contributed by atoms with Crippen LogP contribution in [0.2, 0.25) is 10.2 Å². The number of H-pyrrole nitrogens is 1. The molecule has 0 radical (unpaired) electrons. The van der Waals surface area contributed by atoms with Gasteiger partial charge in [-0.05, 0) is 36.8 Å². The molecule has 0 saturated heterocycles. The first-order chi connectivity index (χ1) is 17.0. The summed E-state index contributed by atoms with van der Waals surface area (Å²) >= 11 is 12.2. The van der Waals surface area contributed by atoms with E-state index in [1.165, 1.54) is 10.7 Å². The van der Waals surface area contributed by atoms with E-state index in [0.717, 1.165) is 11.3 Å². The predicted molar refractivity (Wildman–Crippen MR) is 132 cm³/mol. The van der Waals surface area contributed by atoms with Crippen molar-refractivity contribution in [3.05, 3.63) is 87.2 Å². The Morgan fingerprint density at radius 3 is 2.74 bits per heavy atom. The molecule has 1 aromatic carbocycles. The van der Waals surface area contributed by atoms with Crippen molar-refractivity contribution >= 4 is 29.0 Å². The number of hydrogen-bond acceptors (Lipinski definition) is 7. The number of aryl methyl sites for hydroxylation is 1. The molecule has 6 rings (SSSR count). The number of nitrogen functional groups attached to an aromatic ring is 1. The van der Waals surface area contributed by atoms with Crippen LogP contribution in [-0.2, 0) is 6.42 Å². The van der Waals surface area contributed by atoms with Crippen LogP contribution in [0, 0.1) is 0 Å². The van der Waals surface area contributed by atoms with Crippen molar-refractivity contribution < 1.29 is 0 Å². The number of imidazole rings is 1. The first-order valence-electron chi connectivity index (χ1n) is 10.7. The number of halogens is 2. The molecule has 0 amide bonds. The van der Waals surface area contributed by atoms with Crippen LogP contribution in [0.15, 0.2) is 59.8 Å². The Bertz CT molecular complexity index is 1620. The van der Waals surface area contributed by atoms with Crippen LogP contribution < -0.4 is 11.3 Å². The van der Waals surface area contributed by atoms with Gasteiger partial charge in [0.25, 0.3) is 5.56 Å². The number of hydrogen-bond donors (Lipinski definition) is 2. The Labute approximate surface area is 208 Å². The summed E-state index contributed by atoms with van der Waals surface area (Å²) < 4.78 is 3.21. The fourth-order valence-electron chi connectivity index (χ4n) is 4.33. The summed E-state index contributed by atoms with van der Waals surface area (Å²) in [6.45, 7) is 0. The smallest absolute Gasteiger partial charge is 0.254 e. The zero-order valence-corrected chi connectivity index (χ0v) is 19.6. The van der Waals surface area contributed by atoms with Crippen molar-refractivity contribution in [2.75, 3.05) is 5.73 Å². The van der Waals surface area contributed by atoms with E-state index >= 15 is 0 Å². The quantitative estimate of drug-likeness (QED) is 0.380. The van der Waals surface area contributed by atoms with Crippen molar-refractivity contribution in [1.82, 2.24) is 39.5 Å². The number of rotatable bonds is 4. The molecule has 0 spiro atoms. The van der Waals surface area contributed by atoms with Gasteiger partial charge in [-0.3, -0.25) is 9.36 Å². The number of aromatic amines is 1. The fourth-order valence-corrected chi connectivity index (χ4v) is 4.63. The Morgan fingerprint density at radius 2 is 1.97 bits per heavy atom. The number of aromatic nitrogens is 8. The second-order valence-electron chi connectivity index (χ2n) is 8.12. The van der Waals surface area contributed by atoms with Crippen molar-refractivity contribution in [2.45, 2.75) is 18.9 Å². The molecule has 1 atom stereocenters. The molecule has 4 aromatic heterocycles. The lowest BCUT2D eigenvalue weighted by Crippen LogP contribution is -2.25. The average molecular weight is 506 g/mol. The molecule has 1 aliphatic heterocycles. The fraction of sp³-hybridized carbons (Fsp3) is 0.130. The summed E-state index contributed by atoms with van der Waals surface area (Å²) in [4.78, 5) is 30.1. The first-order valence-corrected chi connectivity index (χ1v) is 11.5. The summed E-state index contributed by atoms with van der Waals surface area (Å²) in [5, 5.41) is 8.64. The molecule has 35 heavy (non-hydrogen) atoms. The van der Waals surface area contributed by atoms with Gasteiger partial charge in [-0.2, -0.15) is 0 Å². The third-order valence-corrected chi connectivity index (χ3v) is 6.34. The summed E-state index contributed by atoms with van der Waals surface area (Å²) in [6, 6.07) is 10.1. The third-order valence-electron chi connectivity index (χ3n) is 5.93. The Balaban J connectivity index is 1.39. The van der Waals surface area contributed by atoms with E-state index in [2.05, 4.69) is 25.3 Å². The minimum absolute atomic E-state index is 0.179. The zero-order chi connectivity index (χ0) is 24.1. The van der Waals surface area contributed by atoms with Gasteiger partial charge in [-0.1, -0.05) is 28.4 Å². The standard InChI is InChI=1S/C23H17Cl2N9O/c24-13-2-3-17(33-11-19(25)31-32-33)14(7-13)15-8-22(35)34-18(4-6-21(34)29-15)23-28-10-16(30-23)12-1-5-20(26)27-9-12/h1-3,5,7-11,18H,4,6H2,(H2,26,27)(H,28,30)/t18-/m0/s1. The Kier molecular flexibility index (Phi) is 5.12. The van der Waals surface area contributed by atoms with Gasteiger partial charge in [0, 0.05) is 34.8 Å².